The van der Waals surface area contributed by atoms with Crippen molar-refractivity contribution in [2.75, 3.05) is 13.2 Å². The molecule has 3 heteroatoms. The molecule has 0 saturated heterocycles. The maximum atomic E-state index is 5.82. The van der Waals surface area contributed by atoms with Crippen LogP contribution in [0.1, 0.15) is 60.8 Å². The molecule has 0 aromatic heterocycles. The summed E-state index contributed by atoms with van der Waals surface area (Å²) in [5.74, 6) is 0. The van der Waals surface area contributed by atoms with Gasteiger partial charge in [-0.15, -0.1) is 0 Å². The van der Waals surface area contributed by atoms with Crippen molar-refractivity contribution >= 4 is 0 Å². The van der Waals surface area contributed by atoms with Crippen molar-refractivity contribution in [3.05, 3.63) is 0 Å². The van der Waals surface area contributed by atoms with Crippen LogP contribution < -0.4 is 5.32 Å². The van der Waals surface area contributed by atoms with E-state index in [1.165, 1.54) is 0 Å². The van der Waals surface area contributed by atoms with E-state index in [4.69, 9.17) is 9.47 Å². The molecule has 0 aromatic rings. The van der Waals surface area contributed by atoms with E-state index in [1.807, 2.05) is 0 Å². The molecule has 1 aliphatic carbocycles. The van der Waals surface area contributed by atoms with Crippen molar-refractivity contribution in [3.63, 3.8) is 0 Å². The molecule has 1 aliphatic rings. The lowest BCUT2D eigenvalue weighted by Gasteiger charge is -2.40. The highest BCUT2D eigenvalue weighted by molar-refractivity contribution is 4.90. The third-order valence-electron chi connectivity index (χ3n) is 2.91. The maximum absolute atomic E-state index is 5.82. The van der Waals surface area contributed by atoms with E-state index in [0.29, 0.717) is 12.1 Å². The Kier molecular flexibility index (Phi) is 5.63. The van der Waals surface area contributed by atoms with Gasteiger partial charge in [0.2, 0.25) is 0 Å². The van der Waals surface area contributed by atoms with Crippen LogP contribution in [0.15, 0.2) is 0 Å². The summed E-state index contributed by atoms with van der Waals surface area (Å²) >= 11 is 0. The van der Waals surface area contributed by atoms with Crippen LogP contribution in [0.5, 0.6) is 0 Å². The van der Waals surface area contributed by atoms with E-state index in [0.717, 1.165) is 32.5 Å². The molecular weight excluding hydrogens is 226 g/mol. The Morgan fingerprint density at radius 1 is 1.00 bits per heavy atom. The van der Waals surface area contributed by atoms with Gasteiger partial charge in [-0.25, -0.2) is 0 Å². The fraction of sp³-hybridized carbons (Fsp3) is 1.00. The molecule has 0 bridgehead atoms. The molecule has 1 saturated carbocycles. The van der Waals surface area contributed by atoms with Gasteiger partial charge in [0.05, 0.1) is 11.7 Å². The summed E-state index contributed by atoms with van der Waals surface area (Å²) in [6.07, 6.45) is 3.75. The highest BCUT2D eigenvalue weighted by atomic mass is 16.5. The van der Waals surface area contributed by atoms with Crippen molar-refractivity contribution in [3.8, 4) is 0 Å². The lowest BCUT2D eigenvalue weighted by atomic mass is 9.87. The van der Waals surface area contributed by atoms with Gasteiger partial charge in [-0.05, 0) is 60.8 Å². The lowest BCUT2D eigenvalue weighted by molar-refractivity contribution is -0.0461. The van der Waals surface area contributed by atoms with E-state index in [-0.39, 0.29) is 11.1 Å². The summed E-state index contributed by atoms with van der Waals surface area (Å²) in [5.41, 5.74) is 0.189. The first-order valence-corrected chi connectivity index (χ1v) is 7.19. The quantitative estimate of drug-likeness (QED) is 0.742. The van der Waals surface area contributed by atoms with Gasteiger partial charge in [0.25, 0.3) is 0 Å². The predicted molar refractivity (Wildman–Crippen MR) is 76.0 cm³/mol. The number of hydrogen-bond donors (Lipinski definition) is 1. The van der Waals surface area contributed by atoms with E-state index in [1.54, 1.807) is 0 Å². The highest BCUT2D eigenvalue weighted by Gasteiger charge is 2.31. The summed E-state index contributed by atoms with van der Waals surface area (Å²) in [6.45, 7) is 14.5. The van der Waals surface area contributed by atoms with Crippen LogP contribution in [-0.2, 0) is 9.47 Å². The Bertz CT molecular complexity index is 234. The second-order valence-corrected chi connectivity index (χ2v) is 7.37. The topological polar surface area (TPSA) is 30.5 Å². The van der Waals surface area contributed by atoms with E-state index >= 15 is 0 Å². The monoisotopic (exact) mass is 257 g/mol. The molecule has 1 fully saturated rings. The van der Waals surface area contributed by atoms with Gasteiger partial charge >= 0.3 is 0 Å². The van der Waals surface area contributed by atoms with Crippen molar-refractivity contribution in [1.82, 2.24) is 5.32 Å². The highest BCUT2D eigenvalue weighted by Crippen LogP contribution is 2.25. The van der Waals surface area contributed by atoms with Crippen LogP contribution in [0, 0.1) is 0 Å². The second kappa shape index (κ2) is 6.36. The average Bonchev–Trinajstić information content (AvgIpc) is 2.08. The summed E-state index contributed by atoms with van der Waals surface area (Å²) in [4.78, 5) is 0. The molecule has 0 heterocycles. The number of ether oxygens (including phenoxy) is 2. The Labute approximate surface area is 113 Å². The molecule has 18 heavy (non-hydrogen) atoms. The number of nitrogens with one attached hydrogen (secondary N) is 1. The molecular formula is C15H31NO2. The zero-order valence-electron chi connectivity index (χ0n) is 13.0. The predicted octanol–water partition coefficient (Wildman–Crippen LogP) is 3.13. The summed E-state index contributed by atoms with van der Waals surface area (Å²) < 4.78 is 11.5. The minimum Gasteiger partial charge on any atom is -0.378 e. The summed E-state index contributed by atoms with van der Waals surface area (Å²) in [7, 11) is 0. The molecule has 108 valence electrons. The summed E-state index contributed by atoms with van der Waals surface area (Å²) in [6, 6.07) is 0.640. The molecule has 0 spiro atoms. The van der Waals surface area contributed by atoms with Crippen molar-refractivity contribution < 1.29 is 9.47 Å². The van der Waals surface area contributed by atoms with Gasteiger partial charge in [0, 0.05) is 24.8 Å². The molecule has 0 unspecified atom stereocenters. The van der Waals surface area contributed by atoms with Gasteiger partial charge in [-0.2, -0.15) is 0 Å². The van der Waals surface area contributed by atoms with Gasteiger partial charge in [-0.3, -0.25) is 0 Å². The Morgan fingerprint density at radius 2 is 1.61 bits per heavy atom. The molecule has 1 rings (SSSR count). The fourth-order valence-corrected chi connectivity index (χ4v) is 2.12. The average molecular weight is 257 g/mol. The van der Waals surface area contributed by atoms with Gasteiger partial charge in [0.1, 0.15) is 0 Å². The van der Waals surface area contributed by atoms with Crippen LogP contribution in [-0.4, -0.2) is 36.5 Å². The van der Waals surface area contributed by atoms with Crippen LogP contribution in [0.3, 0.4) is 0 Å². The van der Waals surface area contributed by atoms with Gasteiger partial charge in [-0.1, -0.05) is 0 Å². The zero-order chi connectivity index (χ0) is 13.8. The second-order valence-electron chi connectivity index (χ2n) is 7.37. The van der Waals surface area contributed by atoms with Gasteiger partial charge in [0.15, 0.2) is 0 Å². The smallest absolute Gasteiger partial charge is 0.0604 e. The maximum Gasteiger partial charge on any atom is 0.0604 e. The van der Waals surface area contributed by atoms with Crippen LogP contribution >= 0.6 is 0 Å². The van der Waals surface area contributed by atoms with Crippen LogP contribution in [0.4, 0.5) is 0 Å². The minimum atomic E-state index is -0.0296. The molecule has 1 N–H and O–H groups in total. The SMILES string of the molecule is CC(C)(C)N[C@H]1C[C@@H](OCCCOC(C)(C)C)C1. The number of rotatable bonds is 6. The van der Waals surface area contributed by atoms with Crippen LogP contribution in [0.25, 0.3) is 0 Å². The first-order chi connectivity index (χ1) is 8.16. The Balaban J connectivity index is 1.94. The van der Waals surface area contributed by atoms with Crippen molar-refractivity contribution in [2.24, 2.45) is 0 Å². The van der Waals surface area contributed by atoms with Crippen molar-refractivity contribution in [1.29, 1.82) is 0 Å². The lowest BCUT2D eigenvalue weighted by Crippen LogP contribution is -2.52. The van der Waals surface area contributed by atoms with Crippen molar-refractivity contribution in [2.45, 2.75) is 84.1 Å². The normalized spacial score (nSPS) is 25.0. The molecule has 0 aromatic carbocycles. The molecule has 3 nitrogen and oxygen atoms in total. The fourth-order valence-electron chi connectivity index (χ4n) is 2.12. The summed E-state index contributed by atoms with van der Waals surface area (Å²) in [5, 5.41) is 3.60. The first-order valence-electron chi connectivity index (χ1n) is 7.19. The molecule has 0 atom stereocenters. The van der Waals surface area contributed by atoms with E-state index < -0.39 is 0 Å². The van der Waals surface area contributed by atoms with E-state index in [9.17, 15) is 0 Å². The van der Waals surface area contributed by atoms with Crippen LogP contribution in [0.2, 0.25) is 0 Å². The Hall–Kier alpha value is -0.120. The zero-order valence-corrected chi connectivity index (χ0v) is 13.0. The van der Waals surface area contributed by atoms with E-state index in [2.05, 4.69) is 46.9 Å². The minimum absolute atomic E-state index is 0.0296. The van der Waals surface area contributed by atoms with Gasteiger partial charge < -0.3 is 14.8 Å². The standard InChI is InChI=1S/C15H31NO2/c1-14(2,3)16-12-10-13(11-12)17-8-7-9-18-15(4,5)6/h12-13,16H,7-11H2,1-6H3/t12-,13+. The first kappa shape index (κ1) is 15.9. The third-order valence-corrected chi connectivity index (χ3v) is 2.91. The molecule has 0 aliphatic heterocycles. The molecule has 0 radical (unpaired) electrons. The number of hydrogen-bond acceptors (Lipinski definition) is 3. The largest absolute Gasteiger partial charge is 0.378 e. The molecule has 0 amide bonds. The Morgan fingerprint density at radius 3 is 2.11 bits per heavy atom. The third kappa shape index (κ3) is 7.34.